The Kier molecular flexibility index (Phi) is 21.6. The Morgan fingerprint density at radius 2 is 1.33 bits per heavy atom. The van der Waals surface area contributed by atoms with E-state index in [-0.39, 0.29) is 61.1 Å². The van der Waals surface area contributed by atoms with Gasteiger partial charge >= 0.3 is 27.6 Å². The summed E-state index contributed by atoms with van der Waals surface area (Å²) in [6, 6.07) is 1.81. The molecule has 1 amide bonds. The zero-order chi connectivity index (χ0) is 43.7. The molecule has 3 rings (SSSR count). The maximum atomic E-state index is 12.0. The summed E-state index contributed by atoms with van der Waals surface area (Å²) < 4.78 is 67.5. The second-order valence-corrected chi connectivity index (χ2v) is 14.6. The Labute approximate surface area is 330 Å². The molecule has 0 saturated carbocycles. The van der Waals surface area contributed by atoms with Crippen molar-refractivity contribution in [1.29, 1.82) is 0 Å². The first-order valence-electron chi connectivity index (χ1n) is 15.0. The number of aromatic carboxylic acids is 1. The van der Waals surface area contributed by atoms with E-state index >= 15 is 0 Å². The molecule has 55 heavy (non-hydrogen) atoms. The molecule has 26 heteroatoms. The van der Waals surface area contributed by atoms with E-state index in [4.69, 9.17) is 50.9 Å². The van der Waals surface area contributed by atoms with Crippen LogP contribution >= 0.6 is 31.9 Å². The minimum absolute atomic E-state index is 0.0625. The number of nitrogens with zero attached hydrogens (tertiary/aromatic N) is 5. The smallest absolute Gasteiger partial charge is 0.476 e. The van der Waals surface area contributed by atoms with Gasteiger partial charge < -0.3 is 47.7 Å². The minimum Gasteiger partial charge on any atom is -0.476 e. The third-order valence-corrected chi connectivity index (χ3v) is 7.62. The first-order valence-corrected chi connectivity index (χ1v) is 18.1. The van der Waals surface area contributed by atoms with Gasteiger partial charge in [0.2, 0.25) is 5.91 Å². The van der Waals surface area contributed by atoms with Crippen LogP contribution in [-0.4, -0.2) is 82.8 Å². The van der Waals surface area contributed by atoms with Crippen LogP contribution in [0.1, 0.15) is 88.0 Å². The number of hydrogen-bond donors (Lipinski definition) is 8. The van der Waals surface area contributed by atoms with E-state index in [1.54, 1.807) is 26.1 Å². The van der Waals surface area contributed by atoms with Crippen molar-refractivity contribution in [2.45, 2.75) is 84.9 Å². The SMILES string of the molecule is CCC(C)(C)NC(=O)/C=C(\C)OC(=O)c1nc(Br)c(N)nc1N.CCC(C)(C)O.Cc1ccno1.Nc1nc(N)c(C(=O)O)nc1Br.O=S(=O)(O)C(F)(F)F. The normalized spacial score (nSPS) is 11.4. The number of carboxylic acids is 1. The van der Waals surface area contributed by atoms with Gasteiger partial charge in [-0.2, -0.15) is 21.6 Å². The molecule has 0 bridgehead atoms. The Hall–Kier alpha value is -4.66. The number of amides is 1. The number of carboxylic acid groups (broad SMARTS) is 1. The van der Waals surface area contributed by atoms with Crippen LogP contribution in [0.3, 0.4) is 0 Å². The van der Waals surface area contributed by atoms with Crippen molar-refractivity contribution in [3.8, 4) is 0 Å². The number of rotatable bonds is 7. The highest BCUT2D eigenvalue weighted by Crippen LogP contribution is 2.21. The van der Waals surface area contributed by atoms with Gasteiger partial charge in [-0.3, -0.25) is 9.35 Å². The second kappa shape index (κ2) is 22.7. The lowest BCUT2D eigenvalue weighted by Crippen LogP contribution is -2.42. The van der Waals surface area contributed by atoms with E-state index in [0.29, 0.717) is 0 Å². The summed E-state index contributed by atoms with van der Waals surface area (Å²) in [6.07, 6.45) is 4.39. The Balaban J connectivity index is 0. The van der Waals surface area contributed by atoms with E-state index in [0.717, 1.165) is 18.6 Å². The number of aliphatic hydroxyl groups is 1. The molecule has 0 radical (unpaired) electrons. The number of esters is 1. The standard InChI is InChI=1S/C14H20BrN5O3.C5H5BrN4O2.C5H12O.C4H5NO.CHF3O3S/c1-5-14(3,4)20-8(21)6-7(2)23-13(22)9-11(16)19-12(17)10(15)18-9;6-2-4(8)10-3(7)1(9-2)5(11)12;1-4-5(2,3)6;1-4-2-3-5-6-4;2-1(3,4)8(5,6)7/h6H,5H2,1-4H3,(H,20,21)(H4,16,17,19);(H,11,12)(H4,7,8,10);6H,4H2,1-3H3;2-3H,1H3;(H,5,6,7)/b7-6+;;;;. The number of nitrogens with two attached hydrogens (primary N) is 4. The molecule has 3 aromatic rings. The average molecular weight is 941 g/mol. The van der Waals surface area contributed by atoms with Crippen LogP contribution in [0.25, 0.3) is 0 Å². The number of hydrogen-bond acceptors (Lipinski definition) is 17. The van der Waals surface area contributed by atoms with Crippen molar-refractivity contribution in [2.75, 3.05) is 22.9 Å². The zero-order valence-electron chi connectivity index (χ0n) is 30.7. The van der Waals surface area contributed by atoms with E-state index in [1.165, 1.54) is 13.0 Å². The molecule has 310 valence electrons. The third-order valence-electron chi connectivity index (χ3n) is 5.86. The van der Waals surface area contributed by atoms with Crippen LogP contribution in [0, 0.1) is 6.92 Å². The molecule has 0 atom stereocenters. The predicted molar refractivity (Wildman–Crippen MR) is 201 cm³/mol. The fourth-order valence-electron chi connectivity index (χ4n) is 2.34. The number of anilines is 4. The van der Waals surface area contributed by atoms with Crippen LogP contribution < -0.4 is 28.3 Å². The molecule has 0 saturated heterocycles. The van der Waals surface area contributed by atoms with E-state index in [1.807, 2.05) is 34.6 Å². The maximum Gasteiger partial charge on any atom is 0.522 e. The largest absolute Gasteiger partial charge is 0.522 e. The van der Waals surface area contributed by atoms with Crippen molar-refractivity contribution < 1.29 is 60.0 Å². The highest BCUT2D eigenvalue weighted by Gasteiger charge is 2.44. The lowest BCUT2D eigenvalue weighted by molar-refractivity contribution is -0.118. The van der Waals surface area contributed by atoms with Gasteiger partial charge in [0.15, 0.2) is 34.7 Å². The number of halogens is 5. The molecule has 0 unspecified atom stereocenters. The molecule has 20 nitrogen and oxygen atoms in total. The van der Waals surface area contributed by atoms with Crippen molar-refractivity contribution in [3.63, 3.8) is 0 Å². The van der Waals surface area contributed by atoms with Gasteiger partial charge in [-0.05, 0) is 86.2 Å². The average Bonchev–Trinajstić information content (AvgIpc) is 3.50. The Morgan fingerprint density at radius 1 is 0.909 bits per heavy atom. The summed E-state index contributed by atoms with van der Waals surface area (Å²) in [6.45, 7) is 14.6. The molecule has 0 fully saturated rings. The zero-order valence-corrected chi connectivity index (χ0v) is 34.7. The van der Waals surface area contributed by atoms with Crippen LogP contribution in [0.2, 0.25) is 0 Å². The van der Waals surface area contributed by atoms with Gasteiger partial charge in [-0.15, -0.1) is 0 Å². The van der Waals surface area contributed by atoms with Crippen LogP contribution in [-0.2, 0) is 19.6 Å². The van der Waals surface area contributed by atoms with Gasteiger partial charge in [-0.1, -0.05) is 19.0 Å². The minimum atomic E-state index is -5.84. The fourth-order valence-corrected chi connectivity index (χ4v) is 2.87. The number of aryl methyl sites for hydroxylation is 1. The van der Waals surface area contributed by atoms with E-state index in [9.17, 15) is 27.6 Å². The lowest BCUT2D eigenvalue weighted by Gasteiger charge is -2.23. The summed E-state index contributed by atoms with van der Waals surface area (Å²) in [5, 5.41) is 23.6. The number of aromatic nitrogens is 5. The summed E-state index contributed by atoms with van der Waals surface area (Å²) >= 11 is 5.99. The van der Waals surface area contributed by atoms with Crippen LogP contribution in [0.5, 0.6) is 0 Å². The van der Waals surface area contributed by atoms with Crippen molar-refractivity contribution >= 4 is 83.1 Å². The quantitative estimate of drug-likeness (QED) is 0.0534. The molecule has 0 aromatic carbocycles. The maximum absolute atomic E-state index is 12.0. The number of nitrogens with one attached hydrogen (secondary N) is 1. The van der Waals surface area contributed by atoms with Crippen molar-refractivity contribution in [3.05, 3.63) is 50.5 Å². The van der Waals surface area contributed by atoms with Crippen LogP contribution in [0.4, 0.5) is 36.4 Å². The van der Waals surface area contributed by atoms with Gasteiger partial charge in [0.1, 0.15) is 20.7 Å². The summed E-state index contributed by atoms with van der Waals surface area (Å²) in [5.41, 5.74) is 14.8. The first kappa shape index (κ1) is 52.4. The number of ether oxygens (including phenoxy) is 1. The second-order valence-electron chi connectivity index (χ2n) is 11.7. The van der Waals surface area contributed by atoms with E-state index in [2.05, 4.69) is 66.8 Å². The molecule has 0 aliphatic rings. The number of carbonyl (C=O) groups is 3. The highest BCUT2D eigenvalue weighted by atomic mass is 79.9. The molecule has 0 spiro atoms. The van der Waals surface area contributed by atoms with Crippen molar-refractivity contribution in [1.82, 2.24) is 30.4 Å². The van der Waals surface area contributed by atoms with E-state index < -0.39 is 33.2 Å². The molecule has 3 heterocycles. The number of nitrogen functional groups attached to an aromatic ring is 4. The molecular formula is C29H43Br2F3N10O10S. The summed E-state index contributed by atoms with van der Waals surface area (Å²) in [4.78, 5) is 49.1. The highest BCUT2D eigenvalue weighted by molar-refractivity contribution is 9.10. The lowest BCUT2D eigenvalue weighted by atomic mass is 10.0. The monoisotopic (exact) mass is 938 g/mol. The molecule has 3 aromatic heterocycles. The topological polar surface area (TPSA) is 349 Å². The molecule has 12 N–H and O–H groups in total. The Morgan fingerprint density at radius 3 is 1.64 bits per heavy atom. The van der Waals surface area contributed by atoms with Gasteiger partial charge in [0, 0.05) is 17.7 Å². The predicted octanol–water partition coefficient (Wildman–Crippen LogP) is 4.41. The van der Waals surface area contributed by atoms with Gasteiger partial charge in [0.25, 0.3) is 0 Å². The Bertz CT molecular complexity index is 1880. The fraction of sp³-hybridized carbons (Fsp3) is 0.448. The summed E-state index contributed by atoms with van der Waals surface area (Å²) in [5.74, 6) is -1.68. The van der Waals surface area contributed by atoms with Gasteiger partial charge in [0.05, 0.1) is 11.8 Å². The van der Waals surface area contributed by atoms with Crippen molar-refractivity contribution in [2.24, 2.45) is 0 Å². The molecule has 0 aliphatic heterocycles. The number of alkyl halides is 3. The van der Waals surface area contributed by atoms with Crippen LogP contribution in [0.15, 0.2) is 37.8 Å². The number of allylic oxidation sites excluding steroid dienone is 1. The molecule has 0 aliphatic carbocycles. The van der Waals surface area contributed by atoms with Gasteiger partial charge in [-0.25, -0.2) is 29.5 Å². The molecular weight excluding hydrogens is 897 g/mol. The first-order chi connectivity index (χ1) is 24.8. The third kappa shape index (κ3) is 22.3. The summed E-state index contributed by atoms with van der Waals surface area (Å²) in [7, 11) is -5.84. The number of carbonyl (C=O) groups excluding carboxylic acids is 2.